The summed E-state index contributed by atoms with van der Waals surface area (Å²) in [6.45, 7) is 0. The van der Waals surface area contributed by atoms with Crippen molar-refractivity contribution in [3.63, 3.8) is 0 Å². The molecule has 0 amide bonds. The van der Waals surface area contributed by atoms with E-state index >= 15 is 0 Å². The Morgan fingerprint density at radius 3 is 2.79 bits per heavy atom. The van der Waals surface area contributed by atoms with Gasteiger partial charge in [0.05, 0.1) is 6.42 Å². The molecule has 1 nitrogen and oxygen atoms in total. The Hall–Kier alpha value is -1.93. The summed E-state index contributed by atoms with van der Waals surface area (Å²) in [7, 11) is 1.74. The molecule has 0 saturated carbocycles. The molecule has 0 saturated heterocycles. The minimum atomic E-state index is 0.891. The molecule has 92 valence electrons. The summed E-state index contributed by atoms with van der Waals surface area (Å²) >= 11 is 1.87. The Kier molecular flexibility index (Phi) is 2.32. The molecule has 3 aromatic rings. The fraction of sp³-hybridized carbons (Fsp3) is 0.118. The summed E-state index contributed by atoms with van der Waals surface area (Å²) in [5.41, 5.74) is 2.71. The highest BCUT2D eigenvalue weighted by Crippen LogP contribution is 2.38. The first-order chi connectivity index (χ1) is 9.36. The van der Waals surface area contributed by atoms with Crippen molar-refractivity contribution in [2.75, 3.05) is 7.11 Å². The molecule has 1 aromatic heterocycles. The zero-order valence-corrected chi connectivity index (χ0v) is 11.5. The molecule has 4 rings (SSSR count). The lowest BCUT2D eigenvalue weighted by molar-refractivity contribution is -0.420. The number of allylic oxidation sites excluding steroid dienone is 1. The van der Waals surface area contributed by atoms with E-state index in [4.69, 9.17) is 4.42 Å². The van der Waals surface area contributed by atoms with Crippen molar-refractivity contribution >= 4 is 43.4 Å². The van der Waals surface area contributed by atoms with Gasteiger partial charge in [-0.25, -0.2) is 0 Å². The van der Waals surface area contributed by atoms with Crippen LogP contribution in [0.3, 0.4) is 0 Å². The third-order valence-electron chi connectivity index (χ3n) is 3.74. The van der Waals surface area contributed by atoms with Crippen LogP contribution in [-0.4, -0.2) is 12.9 Å². The van der Waals surface area contributed by atoms with Crippen molar-refractivity contribution in [3.8, 4) is 0 Å². The fourth-order valence-corrected chi connectivity index (χ4v) is 3.92. The molecular formula is C17H13OS+. The zero-order chi connectivity index (χ0) is 12.8. The predicted molar refractivity (Wildman–Crippen MR) is 83.0 cm³/mol. The summed E-state index contributed by atoms with van der Waals surface area (Å²) < 4.78 is 8.09. The predicted octanol–water partition coefficient (Wildman–Crippen LogP) is 4.36. The minimum absolute atomic E-state index is 0.891. The van der Waals surface area contributed by atoms with Gasteiger partial charge in [0, 0.05) is 26.2 Å². The maximum Gasteiger partial charge on any atom is 0.323 e. The van der Waals surface area contributed by atoms with Gasteiger partial charge in [-0.3, -0.25) is 4.42 Å². The number of thiophene rings is 1. The van der Waals surface area contributed by atoms with Gasteiger partial charge in [0.25, 0.3) is 7.11 Å². The molecule has 0 radical (unpaired) electrons. The van der Waals surface area contributed by atoms with E-state index in [1.165, 1.54) is 31.3 Å². The number of benzene rings is 2. The number of carbonyl (C=O) groups excluding carboxylic acids is 1. The maximum atomic E-state index is 5.36. The topological polar surface area (TPSA) is 11.3 Å². The van der Waals surface area contributed by atoms with Crippen molar-refractivity contribution in [2.24, 2.45) is 0 Å². The van der Waals surface area contributed by atoms with E-state index in [-0.39, 0.29) is 0 Å². The molecule has 0 unspecified atom stereocenters. The van der Waals surface area contributed by atoms with Crippen LogP contribution in [0.1, 0.15) is 11.1 Å². The lowest BCUT2D eigenvalue weighted by Gasteiger charge is -2.09. The smallest absolute Gasteiger partial charge is 0.262 e. The third-order valence-corrected chi connectivity index (χ3v) is 4.87. The first-order valence-corrected chi connectivity index (χ1v) is 7.19. The first-order valence-electron chi connectivity index (χ1n) is 6.38. The first kappa shape index (κ1) is 10.9. The third kappa shape index (κ3) is 1.57. The fourth-order valence-electron chi connectivity index (χ4n) is 2.79. The van der Waals surface area contributed by atoms with Gasteiger partial charge in [0.1, 0.15) is 0 Å². The van der Waals surface area contributed by atoms with Crippen molar-refractivity contribution in [3.05, 3.63) is 53.6 Å². The van der Waals surface area contributed by atoms with Crippen LogP contribution in [0.2, 0.25) is 0 Å². The molecule has 2 heteroatoms. The second kappa shape index (κ2) is 4.04. The standard InChI is InChI=1S/C17H13OS/c1-18-12-7-8-13-11(10-12)6-9-16-17(13)14-4-2-3-5-15(14)19-16/h2-9H,10H2,1H3/q+1. The molecule has 0 N–H and O–H groups in total. The second-order valence-corrected chi connectivity index (χ2v) is 5.87. The quantitative estimate of drug-likeness (QED) is 0.535. The SMILES string of the molecule is C[O+]=C1C=Cc2c(ccc3sc4ccccc4c23)C1. The Labute approximate surface area is 115 Å². The average Bonchev–Trinajstić information content (AvgIpc) is 2.85. The average molecular weight is 265 g/mol. The summed E-state index contributed by atoms with van der Waals surface area (Å²) in [4.78, 5) is 0. The normalized spacial score (nSPS) is 16.4. The summed E-state index contributed by atoms with van der Waals surface area (Å²) in [6, 6.07) is 13.1. The highest BCUT2D eigenvalue weighted by molar-refractivity contribution is 7.25. The number of ketones is 1. The second-order valence-electron chi connectivity index (χ2n) is 4.79. The molecule has 0 fully saturated rings. The van der Waals surface area contributed by atoms with Crippen molar-refractivity contribution < 1.29 is 4.42 Å². The molecule has 2 aromatic carbocycles. The zero-order valence-electron chi connectivity index (χ0n) is 10.6. The van der Waals surface area contributed by atoms with E-state index in [2.05, 4.69) is 48.6 Å². The van der Waals surface area contributed by atoms with Crippen LogP contribution in [0.15, 0.2) is 42.5 Å². The van der Waals surface area contributed by atoms with Crippen LogP contribution >= 0.6 is 11.3 Å². The van der Waals surface area contributed by atoms with Crippen LogP contribution in [0.5, 0.6) is 0 Å². The van der Waals surface area contributed by atoms with E-state index in [1.54, 1.807) is 7.11 Å². The van der Waals surface area contributed by atoms with Gasteiger partial charge in [-0.1, -0.05) is 24.3 Å². The van der Waals surface area contributed by atoms with Crippen molar-refractivity contribution in [1.82, 2.24) is 0 Å². The molecule has 0 aliphatic heterocycles. The van der Waals surface area contributed by atoms with Crippen LogP contribution < -0.4 is 0 Å². The highest BCUT2D eigenvalue weighted by atomic mass is 32.1. The molecule has 0 bridgehead atoms. The Morgan fingerprint density at radius 2 is 1.89 bits per heavy atom. The Balaban J connectivity index is 2.13. The number of hydrogen-bond acceptors (Lipinski definition) is 1. The monoisotopic (exact) mass is 265 g/mol. The molecule has 1 aliphatic carbocycles. The largest absolute Gasteiger partial charge is 0.323 e. The van der Waals surface area contributed by atoms with E-state index in [1.807, 2.05) is 11.3 Å². The Bertz CT molecular complexity index is 852. The lowest BCUT2D eigenvalue weighted by Crippen LogP contribution is -2.07. The van der Waals surface area contributed by atoms with Gasteiger partial charge in [-0.15, -0.1) is 11.3 Å². The van der Waals surface area contributed by atoms with Crippen molar-refractivity contribution in [2.45, 2.75) is 6.42 Å². The van der Waals surface area contributed by atoms with E-state index in [0.29, 0.717) is 0 Å². The van der Waals surface area contributed by atoms with Crippen molar-refractivity contribution in [1.29, 1.82) is 0 Å². The number of fused-ring (bicyclic) bond motifs is 5. The van der Waals surface area contributed by atoms with E-state index < -0.39 is 0 Å². The van der Waals surface area contributed by atoms with Crippen LogP contribution in [0, 0.1) is 0 Å². The highest BCUT2D eigenvalue weighted by Gasteiger charge is 2.19. The molecule has 0 spiro atoms. The van der Waals surface area contributed by atoms with Gasteiger partial charge in [0.15, 0.2) is 0 Å². The minimum Gasteiger partial charge on any atom is -0.262 e. The number of rotatable bonds is 0. The summed E-state index contributed by atoms with van der Waals surface area (Å²) in [5.74, 6) is 1.03. The van der Waals surface area contributed by atoms with E-state index in [0.717, 1.165) is 12.2 Å². The molecule has 19 heavy (non-hydrogen) atoms. The van der Waals surface area contributed by atoms with E-state index in [9.17, 15) is 0 Å². The van der Waals surface area contributed by atoms with Gasteiger partial charge >= 0.3 is 5.78 Å². The van der Waals surface area contributed by atoms with Crippen LogP contribution in [0.25, 0.3) is 26.2 Å². The lowest BCUT2D eigenvalue weighted by atomic mass is 9.93. The van der Waals surface area contributed by atoms with Gasteiger partial charge < -0.3 is 0 Å². The molecule has 0 atom stereocenters. The van der Waals surface area contributed by atoms with Gasteiger partial charge in [-0.2, -0.15) is 0 Å². The molecule has 1 aliphatic rings. The van der Waals surface area contributed by atoms with Gasteiger partial charge in [0.2, 0.25) is 0 Å². The van der Waals surface area contributed by atoms with Crippen LogP contribution in [-0.2, 0) is 10.8 Å². The maximum absolute atomic E-state index is 5.36. The molecule has 1 heterocycles. The van der Waals surface area contributed by atoms with Crippen LogP contribution in [0.4, 0.5) is 0 Å². The summed E-state index contributed by atoms with van der Waals surface area (Å²) in [5, 5.41) is 2.76. The Morgan fingerprint density at radius 1 is 1.00 bits per heavy atom. The molecular weight excluding hydrogens is 252 g/mol. The van der Waals surface area contributed by atoms with Gasteiger partial charge in [-0.05, 0) is 29.3 Å². The number of hydrogen-bond donors (Lipinski definition) is 0. The summed E-state index contributed by atoms with van der Waals surface area (Å²) in [6.07, 6.45) is 5.18.